The predicted octanol–water partition coefficient (Wildman–Crippen LogP) is 3.68. The molecule has 1 aliphatic carbocycles. The number of nitrogens with zero attached hydrogens (tertiary/aromatic N) is 2. The molecule has 0 spiro atoms. The molecule has 2 fully saturated rings. The van der Waals surface area contributed by atoms with Crippen molar-refractivity contribution in [3.05, 3.63) is 35.7 Å². The smallest absolute Gasteiger partial charge is 0.229 e. The van der Waals surface area contributed by atoms with Gasteiger partial charge in [0.05, 0.1) is 5.69 Å². The van der Waals surface area contributed by atoms with E-state index in [0.29, 0.717) is 18.9 Å². The summed E-state index contributed by atoms with van der Waals surface area (Å²) in [6, 6.07) is 10.6. The van der Waals surface area contributed by atoms with Gasteiger partial charge in [-0.3, -0.25) is 14.5 Å². The molecule has 0 radical (unpaired) electrons. The lowest BCUT2D eigenvalue weighted by molar-refractivity contribution is -0.141. The van der Waals surface area contributed by atoms with E-state index in [-0.39, 0.29) is 17.9 Å². The molecule has 5 nitrogen and oxygen atoms in total. The van der Waals surface area contributed by atoms with Crippen LogP contribution in [-0.4, -0.2) is 33.8 Å². The molecule has 1 N–H and O–H groups in total. The summed E-state index contributed by atoms with van der Waals surface area (Å²) in [4.78, 5) is 30.0. The minimum Gasteiger partial charge on any atom is -0.359 e. The molecule has 4 rings (SSSR count). The van der Waals surface area contributed by atoms with Crippen molar-refractivity contribution in [3.63, 3.8) is 0 Å². The number of carbonyl (C=O) groups is 2. The Morgan fingerprint density at radius 3 is 2.36 bits per heavy atom. The minimum absolute atomic E-state index is 0.00818. The molecule has 2 aliphatic rings. The molecule has 6 heteroatoms. The van der Waals surface area contributed by atoms with E-state index in [4.69, 9.17) is 0 Å². The zero-order valence-electron chi connectivity index (χ0n) is 14.0. The zero-order valence-corrected chi connectivity index (χ0v) is 14.8. The number of nitrogens with one attached hydrogen (secondary N) is 1. The van der Waals surface area contributed by atoms with Gasteiger partial charge in [0, 0.05) is 35.9 Å². The molecule has 2 aromatic rings. The highest BCUT2D eigenvalue weighted by atomic mass is 32.1. The SMILES string of the molecule is O=C1CCC(=O)N1C1CCC(Nc2nc(-c3ccccc3)cs2)CC1. The van der Waals surface area contributed by atoms with E-state index in [1.165, 1.54) is 4.90 Å². The van der Waals surface area contributed by atoms with Gasteiger partial charge in [-0.15, -0.1) is 11.3 Å². The molecule has 0 unspecified atom stereocenters. The van der Waals surface area contributed by atoms with Crippen LogP contribution in [0.3, 0.4) is 0 Å². The quantitative estimate of drug-likeness (QED) is 0.850. The predicted molar refractivity (Wildman–Crippen MR) is 98.3 cm³/mol. The second-order valence-corrected chi connectivity index (χ2v) is 7.57. The summed E-state index contributed by atoms with van der Waals surface area (Å²) in [6.07, 6.45) is 4.46. The molecule has 1 aromatic heterocycles. The Morgan fingerprint density at radius 2 is 1.68 bits per heavy atom. The average molecular weight is 355 g/mol. The molecule has 0 bridgehead atoms. The maximum atomic E-state index is 11.9. The van der Waals surface area contributed by atoms with Crippen LogP contribution in [0.2, 0.25) is 0 Å². The topological polar surface area (TPSA) is 62.3 Å². The number of carbonyl (C=O) groups excluding carboxylic acids is 2. The van der Waals surface area contributed by atoms with Gasteiger partial charge in [0.2, 0.25) is 11.8 Å². The maximum absolute atomic E-state index is 11.9. The number of thiazole rings is 1. The normalized spacial score (nSPS) is 23.9. The van der Waals surface area contributed by atoms with Crippen LogP contribution in [0.15, 0.2) is 35.7 Å². The van der Waals surface area contributed by atoms with Gasteiger partial charge in [-0.25, -0.2) is 4.98 Å². The third-order valence-corrected chi connectivity index (χ3v) is 5.83. The fraction of sp³-hybridized carbons (Fsp3) is 0.421. The first kappa shape index (κ1) is 16.3. The monoisotopic (exact) mass is 355 g/mol. The van der Waals surface area contributed by atoms with Gasteiger partial charge in [0.15, 0.2) is 5.13 Å². The summed E-state index contributed by atoms with van der Waals surface area (Å²) in [7, 11) is 0. The average Bonchev–Trinajstić information content (AvgIpc) is 3.23. The summed E-state index contributed by atoms with van der Waals surface area (Å²) in [5, 5.41) is 6.54. The van der Waals surface area contributed by atoms with Crippen LogP contribution in [0.1, 0.15) is 38.5 Å². The van der Waals surface area contributed by atoms with Crippen molar-refractivity contribution in [3.8, 4) is 11.3 Å². The Balaban J connectivity index is 1.34. The lowest BCUT2D eigenvalue weighted by atomic mass is 9.90. The van der Waals surface area contributed by atoms with Gasteiger partial charge in [-0.1, -0.05) is 30.3 Å². The summed E-state index contributed by atoms with van der Waals surface area (Å²) in [5.41, 5.74) is 2.12. The molecule has 1 aliphatic heterocycles. The van der Waals surface area contributed by atoms with Crippen molar-refractivity contribution in [1.29, 1.82) is 0 Å². The number of anilines is 1. The summed E-state index contributed by atoms with van der Waals surface area (Å²) < 4.78 is 0. The molecular weight excluding hydrogens is 334 g/mol. The van der Waals surface area contributed by atoms with E-state index in [9.17, 15) is 9.59 Å². The van der Waals surface area contributed by atoms with Gasteiger partial charge in [-0.2, -0.15) is 0 Å². The Morgan fingerprint density at radius 1 is 1.00 bits per heavy atom. The number of amides is 2. The first-order valence-corrected chi connectivity index (χ1v) is 9.71. The Hall–Kier alpha value is -2.21. The third kappa shape index (κ3) is 3.44. The molecular formula is C19H21N3O2S. The van der Waals surface area contributed by atoms with E-state index in [1.54, 1.807) is 11.3 Å². The van der Waals surface area contributed by atoms with Crippen molar-refractivity contribution < 1.29 is 9.59 Å². The van der Waals surface area contributed by atoms with Crippen molar-refractivity contribution in [2.75, 3.05) is 5.32 Å². The summed E-state index contributed by atoms with van der Waals surface area (Å²) >= 11 is 1.62. The fourth-order valence-electron chi connectivity index (χ4n) is 3.74. The molecule has 1 saturated heterocycles. The molecule has 1 aromatic carbocycles. The summed E-state index contributed by atoms with van der Waals surface area (Å²) in [6.45, 7) is 0. The first-order chi connectivity index (χ1) is 12.2. The maximum Gasteiger partial charge on any atom is 0.229 e. The Labute approximate surface area is 151 Å². The zero-order chi connectivity index (χ0) is 17.2. The van der Waals surface area contributed by atoms with Crippen molar-refractivity contribution in [2.45, 2.75) is 50.6 Å². The number of benzene rings is 1. The van der Waals surface area contributed by atoms with Gasteiger partial charge in [-0.05, 0) is 25.7 Å². The number of imide groups is 1. The largest absolute Gasteiger partial charge is 0.359 e. The van der Waals surface area contributed by atoms with E-state index < -0.39 is 0 Å². The minimum atomic E-state index is 0.00818. The standard InChI is InChI=1S/C19H21N3O2S/c23-17-10-11-18(24)22(17)15-8-6-14(7-9-15)20-19-21-16(12-25-19)13-4-2-1-3-5-13/h1-5,12,14-15H,6-11H2,(H,20,21). The number of aromatic nitrogens is 1. The van der Waals surface area contributed by atoms with Gasteiger partial charge in [0.25, 0.3) is 0 Å². The van der Waals surface area contributed by atoms with Crippen LogP contribution in [0, 0.1) is 0 Å². The van der Waals surface area contributed by atoms with E-state index >= 15 is 0 Å². The highest BCUT2D eigenvalue weighted by Crippen LogP contribution is 2.31. The Kier molecular flexibility index (Phi) is 4.53. The van der Waals surface area contributed by atoms with Crippen LogP contribution >= 0.6 is 11.3 Å². The molecule has 0 atom stereocenters. The molecule has 1 saturated carbocycles. The lowest BCUT2D eigenvalue weighted by Gasteiger charge is -2.33. The number of hydrogen-bond donors (Lipinski definition) is 1. The number of likely N-dealkylation sites (tertiary alicyclic amines) is 1. The van der Waals surface area contributed by atoms with E-state index in [1.807, 2.05) is 18.2 Å². The highest BCUT2D eigenvalue weighted by molar-refractivity contribution is 7.14. The molecule has 2 amide bonds. The van der Waals surface area contributed by atoms with Crippen molar-refractivity contribution in [2.24, 2.45) is 0 Å². The highest BCUT2D eigenvalue weighted by Gasteiger charge is 2.36. The Bertz CT molecular complexity index is 750. The second kappa shape index (κ2) is 6.96. The van der Waals surface area contributed by atoms with Crippen LogP contribution in [0.4, 0.5) is 5.13 Å². The molecule has 25 heavy (non-hydrogen) atoms. The van der Waals surface area contributed by atoms with Gasteiger partial charge >= 0.3 is 0 Å². The van der Waals surface area contributed by atoms with Crippen molar-refractivity contribution in [1.82, 2.24) is 9.88 Å². The number of rotatable bonds is 4. The number of hydrogen-bond acceptors (Lipinski definition) is 5. The van der Waals surface area contributed by atoms with E-state index in [0.717, 1.165) is 42.1 Å². The van der Waals surface area contributed by atoms with Crippen LogP contribution < -0.4 is 5.32 Å². The van der Waals surface area contributed by atoms with Gasteiger partial charge in [0.1, 0.15) is 0 Å². The van der Waals surface area contributed by atoms with Crippen LogP contribution in [0.25, 0.3) is 11.3 Å². The fourth-order valence-corrected chi connectivity index (χ4v) is 4.53. The van der Waals surface area contributed by atoms with Crippen LogP contribution in [0.5, 0.6) is 0 Å². The second-order valence-electron chi connectivity index (χ2n) is 6.71. The van der Waals surface area contributed by atoms with E-state index in [2.05, 4.69) is 27.8 Å². The van der Waals surface area contributed by atoms with Crippen LogP contribution in [-0.2, 0) is 9.59 Å². The summed E-state index contributed by atoms with van der Waals surface area (Å²) in [5.74, 6) is 0.0164. The lowest BCUT2D eigenvalue weighted by Crippen LogP contribution is -2.43. The van der Waals surface area contributed by atoms with Crippen molar-refractivity contribution >= 4 is 28.3 Å². The molecule has 2 heterocycles. The molecule has 130 valence electrons. The third-order valence-electron chi connectivity index (χ3n) is 5.05. The first-order valence-electron chi connectivity index (χ1n) is 8.83. The van der Waals surface area contributed by atoms with Gasteiger partial charge < -0.3 is 5.32 Å².